The third-order valence-corrected chi connectivity index (χ3v) is 14.6. The first-order chi connectivity index (χ1) is 30.4. The number of likely N-dealkylation sites (tertiary alicyclic amines) is 1. The predicted octanol–water partition coefficient (Wildman–Crippen LogP) is 15.2. The third kappa shape index (κ3) is 27.6. The van der Waals surface area contributed by atoms with Crippen LogP contribution in [0.2, 0.25) is 0 Å². The number of ether oxygens (including phenoxy) is 1. The van der Waals surface area contributed by atoms with Crippen molar-refractivity contribution in [3.05, 3.63) is 0 Å². The molecule has 1 N–H and O–H groups in total. The van der Waals surface area contributed by atoms with E-state index in [-0.39, 0.29) is 48.6 Å². The fourth-order valence-corrected chi connectivity index (χ4v) is 10.4. The van der Waals surface area contributed by atoms with Crippen LogP contribution in [0.3, 0.4) is 0 Å². The molecule has 2 aliphatic rings. The molecule has 1 unspecified atom stereocenters. The average Bonchev–Trinajstić information content (AvgIpc) is 3.56. The van der Waals surface area contributed by atoms with E-state index in [1.54, 1.807) is 0 Å². The monoisotopic (exact) mass is 872 g/mol. The lowest BCUT2D eigenvalue weighted by Crippen LogP contribution is -2.59. The van der Waals surface area contributed by atoms with Crippen LogP contribution < -0.4 is 5.32 Å². The molecule has 1 heterocycles. The molecule has 1 aliphatic carbocycles. The van der Waals surface area contributed by atoms with Gasteiger partial charge in [0.25, 0.3) is 0 Å². The van der Waals surface area contributed by atoms with Crippen molar-refractivity contribution in [3.63, 3.8) is 0 Å². The van der Waals surface area contributed by atoms with E-state index in [1.807, 2.05) is 0 Å². The summed E-state index contributed by atoms with van der Waals surface area (Å²) in [6.45, 7) is 12.5. The average molecular weight is 872 g/mol. The van der Waals surface area contributed by atoms with Crippen LogP contribution in [0, 0.1) is 5.92 Å². The quantitative estimate of drug-likeness (QED) is 0.0377. The topological polar surface area (TPSA) is 79.0 Å². The molecule has 1 saturated heterocycles. The minimum absolute atomic E-state index is 0.00308. The lowest BCUT2D eigenvalue weighted by Gasteiger charge is -2.44. The van der Waals surface area contributed by atoms with E-state index in [4.69, 9.17) is 4.74 Å². The number of amides is 2. The van der Waals surface area contributed by atoms with Crippen LogP contribution in [0.1, 0.15) is 285 Å². The Labute approximate surface area is 385 Å². The van der Waals surface area contributed by atoms with Crippen molar-refractivity contribution in [1.29, 1.82) is 0 Å². The van der Waals surface area contributed by atoms with Gasteiger partial charge in [-0.3, -0.25) is 14.4 Å². The number of esters is 1. The summed E-state index contributed by atoms with van der Waals surface area (Å²) in [6, 6.07) is -0.267. The van der Waals surface area contributed by atoms with Crippen LogP contribution in [0.5, 0.6) is 0 Å². The first-order valence-corrected chi connectivity index (χ1v) is 27.9. The van der Waals surface area contributed by atoms with Gasteiger partial charge in [-0.25, -0.2) is 0 Å². The second-order valence-electron chi connectivity index (χ2n) is 20.0. The second kappa shape index (κ2) is 39.7. The number of nitrogens with one attached hydrogen (secondary N) is 1. The van der Waals surface area contributed by atoms with E-state index in [1.165, 1.54) is 167 Å². The molecule has 1 atom stereocenters. The standard InChI is InChI=1S/C55H105N3O4/c1-5-9-12-15-18-21-24-27-32-37-48-62-53(60)43-42-52(59)58(54(49-44-46-57(8-4)47-45-49)55(61)56-50-38-33-30-31-34-39-50)51(40-35-28-25-22-19-16-13-10-6-2)41-36-29-26-23-20-17-14-11-7-3/h49-51,54H,5-48H2,1-4H3,(H,56,61). The highest BCUT2D eigenvalue weighted by molar-refractivity contribution is 5.89. The maximum absolute atomic E-state index is 15.0. The number of nitrogens with zero attached hydrogens (tertiary/aromatic N) is 2. The summed E-state index contributed by atoms with van der Waals surface area (Å²) in [6.07, 6.45) is 46.2. The molecule has 2 rings (SSSR count). The molecule has 0 aromatic heterocycles. The Morgan fingerprint density at radius 2 is 0.952 bits per heavy atom. The number of rotatable bonds is 40. The van der Waals surface area contributed by atoms with Crippen LogP contribution in [-0.4, -0.2) is 72.0 Å². The minimum atomic E-state index is -0.477. The highest BCUT2D eigenvalue weighted by Crippen LogP contribution is 2.31. The molecule has 364 valence electrons. The van der Waals surface area contributed by atoms with E-state index in [9.17, 15) is 14.4 Å². The number of piperidine rings is 1. The summed E-state index contributed by atoms with van der Waals surface area (Å²) in [4.78, 5) is 47.7. The summed E-state index contributed by atoms with van der Waals surface area (Å²) in [7, 11) is 0. The summed E-state index contributed by atoms with van der Waals surface area (Å²) < 4.78 is 5.74. The molecule has 2 fully saturated rings. The van der Waals surface area contributed by atoms with Gasteiger partial charge in [0.2, 0.25) is 11.8 Å². The third-order valence-electron chi connectivity index (χ3n) is 14.6. The maximum Gasteiger partial charge on any atom is 0.306 e. The molecule has 2 amide bonds. The van der Waals surface area contributed by atoms with Gasteiger partial charge in [0.05, 0.1) is 13.0 Å². The van der Waals surface area contributed by atoms with Crippen LogP contribution in [-0.2, 0) is 19.1 Å². The lowest BCUT2D eigenvalue weighted by molar-refractivity contribution is -0.151. The van der Waals surface area contributed by atoms with Gasteiger partial charge >= 0.3 is 5.97 Å². The van der Waals surface area contributed by atoms with Gasteiger partial charge in [-0.15, -0.1) is 0 Å². The number of carbonyl (C=O) groups is 3. The zero-order valence-electron chi connectivity index (χ0n) is 41.9. The normalized spacial score (nSPS) is 16.1. The van der Waals surface area contributed by atoms with Crippen molar-refractivity contribution in [1.82, 2.24) is 15.1 Å². The molecule has 1 saturated carbocycles. The molecule has 1 aliphatic heterocycles. The van der Waals surface area contributed by atoms with Gasteiger partial charge < -0.3 is 19.9 Å². The van der Waals surface area contributed by atoms with E-state index in [2.05, 4.69) is 42.8 Å². The fraction of sp³-hybridized carbons (Fsp3) is 0.945. The van der Waals surface area contributed by atoms with Crippen LogP contribution in [0.4, 0.5) is 0 Å². The van der Waals surface area contributed by atoms with Crippen LogP contribution in [0.25, 0.3) is 0 Å². The molecule has 62 heavy (non-hydrogen) atoms. The van der Waals surface area contributed by atoms with Gasteiger partial charge in [-0.05, 0) is 70.5 Å². The number of carbonyl (C=O) groups excluding carboxylic acids is 3. The smallest absolute Gasteiger partial charge is 0.306 e. The Kier molecular flexibility index (Phi) is 36.2. The van der Waals surface area contributed by atoms with Gasteiger partial charge in [-0.2, -0.15) is 0 Å². The van der Waals surface area contributed by atoms with Gasteiger partial charge in [0.15, 0.2) is 0 Å². The lowest BCUT2D eigenvalue weighted by atomic mass is 9.85. The highest BCUT2D eigenvalue weighted by atomic mass is 16.5. The molecule has 0 radical (unpaired) electrons. The molecular weight excluding hydrogens is 767 g/mol. The summed E-state index contributed by atoms with van der Waals surface area (Å²) in [5.41, 5.74) is 0. The second-order valence-corrected chi connectivity index (χ2v) is 20.0. The summed E-state index contributed by atoms with van der Waals surface area (Å²) >= 11 is 0. The molecule has 7 nitrogen and oxygen atoms in total. The number of hydrogen-bond acceptors (Lipinski definition) is 5. The molecule has 7 heteroatoms. The van der Waals surface area contributed by atoms with E-state index < -0.39 is 6.04 Å². The van der Waals surface area contributed by atoms with Gasteiger partial charge in [0, 0.05) is 18.5 Å². The summed E-state index contributed by atoms with van der Waals surface area (Å²) in [5, 5.41) is 3.57. The number of unbranched alkanes of at least 4 members (excludes halogenated alkanes) is 25. The Morgan fingerprint density at radius 1 is 0.532 bits per heavy atom. The van der Waals surface area contributed by atoms with Crippen molar-refractivity contribution < 1.29 is 19.1 Å². The van der Waals surface area contributed by atoms with Crippen molar-refractivity contribution in [3.8, 4) is 0 Å². The molecular formula is C55H105N3O4. The minimum Gasteiger partial charge on any atom is -0.466 e. The van der Waals surface area contributed by atoms with Crippen molar-refractivity contribution in [2.75, 3.05) is 26.2 Å². The zero-order chi connectivity index (χ0) is 44.7. The molecule has 0 bridgehead atoms. The van der Waals surface area contributed by atoms with Gasteiger partial charge in [0.1, 0.15) is 6.04 Å². The zero-order valence-corrected chi connectivity index (χ0v) is 41.9. The van der Waals surface area contributed by atoms with E-state index in [0.29, 0.717) is 6.61 Å². The van der Waals surface area contributed by atoms with Crippen molar-refractivity contribution in [2.24, 2.45) is 5.92 Å². The number of hydrogen-bond donors (Lipinski definition) is 1. The summed E-state index contributed by atoms with van der Waals surface area (Å²) in [5.74, 6) is -0.0616. The fourth-order valence-electron chi connectivity index (χ4n) is 10.4. The van der Waals surface area contributed by atoms with E-state index >= 15 is 0 Å². The molecule has 0 spiro atoms. The first-order valence-electron chi connectivity index (χ1n) is 27.9. The SMILES string of the molecule is CCCCCCCCCCCCOC(=O)CCC(=O)N(C(CCCCCCCCCCC)CCCCCCCCCCC)C(C(=O)NC1CCCCCC1)C1CCN(CC)CC1. The molecule has 0 aromatic carbocycles. The highest BCUT2D eigenvalue weighted by Gasteiger charge is 2.41. The Balaban J connectivity index is 2.22. The largest absolute Gasteiger partial charge is 0.466 e. The predicted molar refractivity (Wildman–Crippen MR) is 265 cm³/mol. The Hall–Kier alpha value is -1.63. The molecule has 0 aromatic rings. The van der Waals surface area contributed by atoms with Crippen LogP contribution in [0.15, 0.2) is 0 Å². The van der Waals surface area contributed by atoms with E-state index in [0.717, 1.165) is 96.7 Å². The van der Waals surface area contributed by atoms with Gasteiger partial charge in [-0.1, -0.05) is 227 Å². The van der Waals surface area contributed by atoms with Crippen molar-refractivity contribution in [2.45, 2.75) is 303 Å². The van der Waals surface area contributed by atoms with Crippen molar-refractivity contribution >= 4 is 17.8 Å². The Bertz CT molecular complexity index is 1030. The Morgan fingerprint density at radius 3 is 1.39 bits per heavy atom. The first kappa shape index (κ1) is 56.5. The van der Waals surface area contributed by atoms with Crippen LogP contribution >= 0.6 is 0 Å². The maximum atomic E-state index is 15.0.